The van der Waals surface area contributed by atoms with Crippen LogP contribution in [0.2, 0.25) is 0 Å². The van der Waals surface area contributed by atoms with E-state index in [4.69, 9.17) is 14.1 Å². The minimum atomic E-state index is -1.05. The quantitative estimate of drug-likeness (QED) is 0.171. The topological polar surface area (TPSA) is 161 Å². The molecule has 1 unspecified atom stereocenters. The van der Waals surface area contributed by atoms with Crippen molar-refractivity contribution in [3.63, 3.8) is 0 Å². The minimum Gasteiger partial charge on any atom is -0.488 e. The van der Waals surface area contributed by atoms with Crippen molar-refractivity contribution in [1.29, 1.82) is 5.26 Å². The van der Waals surface area contributed by atoms with E-state index in [0.29, 0.717) is 55.2 Å². The fourth-order valence-corrected chi connectivity index (χ4v) is 5.80. The van der Waals surface area contributed by atoms with Crippen molar-refractivity contribution in [3.05, 3.63) is 95.9 Å². The van der Waals surface area contributed by atoms with Crippen molar-refractivity contribution in [2.45, 2.75) is 45.8 Å². The number of furan rings is 1. The first-order valence-corrected chi connectivity index (χ1v) is 16.1. The van der Waals surface area contributed by atoms with E-state index in [2.05, 4.69) is 16.7 Å². The maximum Gasteiger partial charge on any atom is 0.407 e. The number of carboxylic acid groups (broad SMARTS) is 1. The molecule has 1 fully saturated rings. The van der Waals surface area contributed by atoms with Crippen LogP contribution in [0.3, 0.4) is 0 Å². The summed E-state index contributed by atoms with van der Waals surface area (Å²) < 4.78 is 11.5. The number of benzene rings is 2. The Labute approximate surface area is 285 Å². The lowest BCUT2D eigenvalue weighted by molar-refractivity contribution is -0.125. The first-order valence-electron chi connectivity index (χ1n) is 16.1. The van der Waals surface area contributed by atoms with E-state index in [-0.39, 0.29) is 36.1 Å². The lowest BCUT2D eigenvalue weighted by atomic mass is 9.95. The Hall–Kier alpha value is -5.83. The van der Waals surface area contributed by atoms with Crippen LogP contribution in [0.1, 0.15) is 55.3 Å². The predicted octanol–water partition coefficient (Wildman–Crippen LogP) is 6.16. The van der Waals surface area contributed by atoms with Crippen LogP contribution in [0, 0.1) is 17.2 Å². The zero-order chi connectivity index (χ0) is 35.0. The first-order chi connectivity index (χ1) is 23.5. The molecule has 1 aliphatic heterocycles. The number of pyridine rings is 1. The first kappa shape index (κ1) is 34.5. The Bertz CT molecular complexity index is 1810. The van der Waals surface area contributed by atoms with Crippen molar-refractivity contribution in [1.82, 2.24) is 15.2 Å². The smallest absolute Gasteiger partial charge is 0.407 e. The second kappa shape index (κ2) is 15.4. The van der Waals surface area contributed by atoms with Crippen molar-refractivity contribution in [3.8, 4) is 23.1 Å². The molecule has 0 saturated carbocycles. The molecule has 49 heavy (non-hydrogen) atoms. The molecule has 0 aliphatic carbocycles. The van der Waals surface area contributed by atoms with Crippen LogP contribution < -0.4 is 20.3 Å². The number of nitrogens with zero attached hydrogens (tertiary/aromatic N) is 4. The van der Waals surface area contributed by atoms with E-state index < -0.39 is 23.5 Å². The maximum atomic E-state index is 13.3. The highest BCUT2D eigenvalue weighted by atomic mass is 16.5. The number of anilines is 2. The number of rotatable bonds is 11. The monoisotopic (exact) mass is 664 g/mol. The zero-order valence-corrected chi connectivity index (χ0v) is 27.8. The number of ether oxygens (including phenoxy) is 1. The van der Waals surface area contributed by atoms with Crippen LogP contribution in [0.5, 0.6) is 5.75 Å². The molecule has 2 aromatic heterocycles. The molecule has 5 rings (SSSR count). The second-order valence-electron chi connectivity index (χ2n) is 12.7. The van der Waals surface area contributed by atoms with Gasteiger partial charge in [-0.1, -0.05) is 42.5 Å². The minimum absolute atomic E-state index is 0.0526. The van der Waals surface area contributed by atoms with Gasteiger partial charge in [0.25, 0.3) is 5.91 Å². The highest BCUT2D eigenvalue weighted by molar-refractivity contribution is 6.03. The molecular formula is C37H40N6O6. The average Bonchev–Trinajstić information content (AvgIpc) is 3.64. The van der Waals surface area contributed by atoms with Gasteiger partial charge in [0.05, 0.1) is 23.6 Å². The Morgan fingerprint density at radius 1 is 1.10 bits per heavy atom. The molecule has 3 heterocycles. The van der Waals surface area contributed by atoms with Crippen molar-refractivity contribution < 1.29 is 28.6 Å². The van der Waals surface area contributed by atoms with Crippen LogP contribution >= 0.6 is 0 Å². The molecule has 2 aromatic carbocycles. The third-order valence-corrected chi connectivity index (χ3v) is 8.30. The normalized spacial score (nSPS) is 14.4. The molecule has 3 amide bonds. The summed E-state index contributed by atoms with van der Waals surface area (Å²) in [6, 6.07) is 24.3. The zero-order valence-electron chi connectivity index (χ0n) is 27.8. The number of carbonyl (C=O) groups excluding carboxylic acids is 2. The van der Waals surface area contributed by atoms with E-state index in [1.807, 2.05) is 59.5 Å². The summed E-state index contributed by atoms with van der Waals surface area (Å²) in [5.74, 6) is -0.481. The third kappa shape index (κ3) is 8.56. The van der Waals surface area contributed by atoms with Gasteiger partial charge in [0, 0.05) is 37.3 Å². The van der Waals surface area contributed by atoms with Gasteiger partial charge < -0.3 is 34.7 Å². The van der Waals surface area contributed by atoms with Gasteiger partial charge in [-0.3, -0.25) is 9.59 Å². The van der Waals surface area contributed by atoms with E-state index in [1.165, 1.54) is 17.2 Å². The Kier molecular flexibility index (Phi) is 10.8. The molecule has 1 atom stereocenters. The van der Waals surface area contributed by atoms with Crippen LogP contribution in [0.4, 0.5) is 16.3 Å². The number of para-hydroxylation sites is 1. The lowest BCUT2D eigenvalue weighted by Crippen LogP contribution is -2.49. The SMILES string of the molecule is CC(C)(C)N(CCNC(=O)C1CCCN(c2cc(-c3ccccc3OCc3ccccc3)nc(NC(=O)c3ccco3)c2C#N)C1)C(=O)O. The molecule has 0 spiro atoms. The van der Waals surface area contributed by atoms with E-state index >= 15 is 0 Å². The number of aromatic nitrogens is 1. The number of amides is 3. The van der Waals surface area contributed by atoms with Gasteiger partial charge in [0.15, 0.2) is 11.6 Å². The molecule has 0 bridgehead atoms. The molecular weight excluding hydrogens is 624 g/mol. The van der Waals surface area contributed by atoms with Crippen molar-refractivity contribution >= 4 is 29.4 Å². The van der Waals surface area contributed by atoms with Crippen LogP contribution in [-0.2, 0) is 11.4 Å². The summed E-state index contributed by atoms with van der Waals surface area (Å²) in [6.07, 6.45) is 1.64. The number of piperidine rings is 1. The van der Waals surface area contributed by atoms with Crippen molar-refractivity contribution in [2.75, 3.05) is 36.4 Å². The molecule has 254 valence electrons. The Morgan fingerprint density at radius 3 is 2.55 bits per heavy atom. The number of hydrogen-bond donors (Lipinski definition) is 3. The van der Waals surface area contributed by atoms with E-state index in [9.17, 15) is 24.8 Å². The Balaban J connectivity index is 1.44. The summed E-state index contributed by atoms with van der Waals surface area (Å²) in [6.45, 7) is 6.93. The summed E-state index contributed by atoms with van der Waals surface area (Å²) in [4.78, 5) is 46.2. The van der Waals surface area contributed by atoms with Crippen LogP contribution in [0.25, 0.3) is 11.3 Å². The molecule has 12 nitrogen and oxygen atoms in total. The highest BCUT2D eigenvalue weighted by Gasteiger charge is 2.30. The fourth-order valence-electron chi connectivity index (χ4n) is 5.80. The number of nitriles is 1. The maximum absolute atomic E-state index is 13.3. The number of nitrogens with one attached hydrogen (secondary N) is 2. The molecule has 4 aromatic rings. The fraction of sp³-hybridized carbons (Fsp3) is 0.324. The van der Waals surface area contributed by atoms with Gasteiger partial charge in [-0.05, 0) is 69.5 Å². The summed E-state index contributed by atoms with van der Waals surface area (Å²) in [5.41, 5.74) is 2.17. The highest BCUT2D eigenvalue weighted by Crippen LogP contribution is 2.37. The second-order valence-corrected chi connectivity index (χ2v) is 12.7. The Morgan fingerprint density at radius 2 is 1.86 bits per heavy atom. The third-order valence-electron chi connectivity index (χ3n) is 8.30. The lowest BCUT2D eigenvalue weighted by Gasteiger charge is -2.35. The molecule has 3 N–H and O–H groups in total. The number of carbonyl (C=O) groups is 3. The standard InChI is InChI=1S/C37H40N6O6/c1-37(2,3)43(36(46)47)19-17-39-34(44)26-13-9-18-42(23-26)30-21-29(40-33(28(30)22-38)41-35(45)32-16-10-20-48-32)27-14-7-8-15-31(27)49-24-25-11-5-4-6-12-25/h4-8,10-12,14-16,20-21,26H,9,13,17-19,23-24H2,1-3H3,(H,39,44)(H,46,47)(H,40,41,45). The molecule has 0 radical (unpaired) electrons. The molecule has 12 heteroatoms. The van der Waals surface area contributed by atoms with Gasteiger partial charge >= 0.3 is 6.09 Å². The number of hydrogen-bond acceptors (Lipinski definition) is 8. The van der Waals surface area contributed by atoms with Crippen LogP contribution in [0.15, 0.2) is 83.5 Å². The van der Waals surface area contributed by atoms with Gasteiger partial charge in [-0.25, -0.2) is 9.78 Å². The van der Waals surface area contributed by atoms with Crippen LogP contribution in [-0.4, -0.2) is 64.6 Å². The van der Waals surface area contributed by atoms with E-state index in [0.717, 1.165) is 5.56 Å². The van der Waals surface area contributed by atoms with Gasteiger partial charge in [-0.15, -0.1) is 0 Å². The largest absolute Gasteiger partial charge is 0.488 e. The summed E-state index contributed by atoms with van der Waals surface area (Å²) >= 11 is 0. The summed E-state index contributed by atoms with van der Waals surface area (Å²) in [7, 11) is 0. The predicted molar refractivity (Wildman–Crippen MR) is 184 cm³/mol. The van der Waals surface area contributed by atoms with Gasteiger partial charge in [-0.2, -0.15) is 5.26 Å². The average molecular weight is 665 g/mol. The van der Waals surface area contributed by atoms with Gasteiger partial charge in [0.2, 0.25) is 5.91 Å². The molecule has 1 aliphatic rings. The molecule has 1 saturated heterocycles. The van der Waals surface area contributed by atoms with Gasteiger partial charge in [0.1, 0.15) is 24.0 Å². The van der Waals surface area contributed by atoms with E-state index in [1.54, 1.807) is 32.9 Å². The summed E-state index contributed by atoms with van der Waals surface area (Å²) in [5, 5.41) is 25.7. The van der Waals surface area contributed by atoms with Crippen molar-refractivity contribution in [2.24, 2.45) is 5.92 Å².